The number of aromatic amines is 2. The molecule has 108 valence electrons. The van der Waals surface area contributed by atoms with E-state index in [1.165, 1.54) is 13.1 Å². The van der Waals surface area contributed by atoms with Gasteiger partial charge in [-0.25, -0.2) is 14.2 Å². The first-order valence-electron chi connectivity index (χ1n) is 6.27. The molecule has 0 bridgehead atoms. The summed E-state index contributed by atoms with van der Waals surface area (Å²) in [7, 11) is 1.52. The lowest BCUT2D eigenvalue weighted by molar-refractivity contribution is 0.254. The first-order valence-corrected chi connectivity index (χ1v) is 6.27. The molecule has 3 aromatic rings. The van der Waals surface area contributed by atoms with Crippen LogP contribution >= 0.6 is 0 Å². The van der Waals surface area contributed by atoms with Crippen LogP contribution in [-0.2, 0) is 0 Å². The van der Waals surface area contributed by atoms with Crippen molar-refractivity contribution in [2.24, 2.45) is 0 Å². The number of imidazole rings is 1. The molecule has 4 N–H and O–H groups in total. The van der Waals surface area contributed by atoms with Crippen LogP contribution in [0.1, 0.15) is 5.56 Å². The number of anilines is 1. The fourth-order valence-corrected chi connectivity index (χ4v) is 2.00. The molecule has 8 heteroatoms. The lowest BCUT2D eigenvalue weighted by Gasteiger charge is -2.02. The Morgan fingerprint density at radius 2 is 2.19 bits per heavy atom. The normalized spacial score (nSPS) is 10.8. The molecule has 0 aliphatic heterocycles. The predicted octanol–water partition coefficient (Wildman–Crippen LogP) is 2.15. The van der Waals surface area contributed by atoms with Crippen molar-refractivity contribution in [1.29, 1.82) is 0 Å². The molecule has 0 atom stereocenters. The first kappa shape index (κ1) is 13.1. The van der Waals surface area contributed by atoms with Crippen molar-refractivity contribution < 1.29 is 9.18 Å². The summed E-state index contributed by atoms with van der Waals surface area (Å²) in [6.07, 6.45) is 1.55. The van der Waals surface area contributed by atoms with Crippen LogP contribution in [0.3, 0.4) is 0 Å². The van der Waals surface area contributed by atoms with E-state index in [0.29, 0.717) is 33.8 Å². The highest BCUT2D eigenvalue weighted by molar-refractivity contribution is 5.93. The summed E-state index contributed by atoms with van der Waals surface area (Å²) in [6.45, 7) is 1.68. The maximum atomic E-state index is 13.6. The Morgan fingerprint density at radius 1 is 1.38 bits per heavy atom. The van der Waals surface area contributed by atoms with Crippen LogP contribution in [0.5, 0.6) is 0 Å². The molecule has 21 heavy (non-hydrogen) atoms. The number of nitrogens with zero attached hydrogens (tertiary/aromatic N) is 2. The molecular formula is C13H13FN6O. The summed E-state index contributed by atoms with van der Waals surface area (Å²) >= 11 is 0. The van der Waals surface area contributed by atoms with Gasteiger partial charge in [0.25, 0.3) is 0 Å². The molecule has 0 spiro atoms. The zero-order valence-electron chi connectivity index (χ0n) is 11.4. The van der Waals surface area contributed by atoms with Gasteiger partial charge in [0.2, 0.25) is 0 Å². The molecule has 0 unspecified atom stereocenters. The summed E-state index contributed by atoms with van der Waals surface area (Å²) < 4.78 is 13.6. The van der Waals surface area contributed by atoms with Crippen molar-refractivity contribution >= 4 is 22.8 Å². The van der Waals surface area contributed by atoms with E-state index in [4.69, 9.17) is 0 Å². The van der Waals surface area contributed by atoms with Crippen molar-refractivity contribution in [2.45, 2.75) is 6.92 Å². The maximum absolute atomic E-state index is 13.6. The van der Waals surface area contributed by atoms with E-state index in [1.807, 2.05) is 0 Å². The summed E-state index contributed by atoms with van der Waals surface area (Å²) in [4.78, 5) is 18.7. The minimum atomic E-state index is -0.365. The standard InChI is InChI=1S/C13H13FN6O/c1-6-3-8-9(4-7(6)14)18-12(17-8)11-10(5-16-20-11)19-13(21)15-2/h3-5H,1-2H3,(H,16,20)(H,17,18)(H2,15,19,21). The van der Waals surface area contributed by atoms with Gasteiger partial charge in [0.1, 0.15) is 5.82 Å². The van der Waals surface area contributed by atoms with E-state index in [1.54, 1.807) is 19.2 Å². The maximum Gasteiger partial charge on any atom is 0.319 e. The van der Waals surface area contributed by atoms with Gasteiger partial charge in [-0.1, -0.05) is 0 Å². The van der Waals surface area contributed by atoms with E-state index in [9.17, 15) is 9.18 Å². The van der Waals surface area contributed by atoms with Crippen molar-refractivity contribution in [3.63, 3.8) is 0 Å². The van der Waals surface area contributed by atoms with Gasteiger partial charge in [-0.2, -0.15) is 5.10 Å². The second-order valence-electron chi connectivity index (χ2n) is 4.56. The van der Waals surface area contributed by atoms with Crippen molar-refractivity contribution in [2.75, 3.05) is 12.4 Å². The van der Waals surface area contributed by atoms with Crippen LogP contribution in [0.4, 0.5) is 14.9 Å². The molecule has 2 amide bonds. The van der Waals surface area contributed by atoms with Crippen LogP contribution in [0.25, 0.3) is 22.6 Å². The van der Waals surface area contributed by atoms with Gasteiger partial charge in [0, 0.05) is 19.3 Å². The minimum absolute atomic E-state index is 0.314. The number of hydrogen-bond donors (Lipinski definition) is 4. The van der Waals surface area contributed by atoms with Gasteiger partial charge in [-0.15, -0.1) is 0 Å². The SMILES string of the molecule is CNC(=O)Nc1c[nH]nc1-c1nc2cc(F)c(C)cc2[nH]1. The molecule has 0 aliphatic carbocycles. The number of aryl methyl sites for hydroxylation is 1. The Labute approximate surface area is 119 Å². The van der Waals surface area contributed by atoms with E-state index >= 15 is 0 Å². The molecule has 2 aromatic heterocycles. The molecule has 3 rings (SSSR count). The third kappa shape index (κ3) is 2.31. The highest BCUT2D eigenvalue weighted by Gasteiger charge is 2.15. The summed E-state index contributed by atoms with van der Waals surface area (Å²) in [6, 6.07) is 2.68. The number of aromatic nitrogens is 4. The van der Waals surface area contributed by atoms with Gasteiger partial charge in [-0.05, 0) is 18.6 Å². The van der Waals surface area contributed by atoms with Gasteiger partial charge >= 0.3 is 6.03 Å². The lowest BCUT2D eigenvalue weighted by atomic mass is 10.2. The van der Waals surface area contributed by atoms with Crippen LogP contribution in [0.2, 0.25) is 0 Å². The van der Waals surface area contributed by atoms with Gasteiger partial charge in [0.15, 0.2) is 11.5 Å². The summed E-state index contributed by atoms with van der Waals surface area (Å²) in [5.41, 5.74) is 2.67. The first-order chi connectivity index (χ1) is 10.1. The third-order valence-corrected chi connectivity index (χ3v) is 3.10. The van der Waals surface area contributed by atoms with E-state index in [2.05, 4.69) is 30.8 Å². The van der Waals surface area contributed by atoms with E-state index in [0.717, 1.165) is 0 Å². The van der Waals surface area contributed by atoms with Gasteiger partial charge in [0.05, 0.1) is 16.7 Å². The zero-order valence-corrected chi connectivity index (χ0v) is 11.4. The fourth-order valence-electron chi connectivity index (χ4n) is 2.00. The third-order valence-electron chi connectivity index (χ3n) is 3.10. The van der Waals surface area contributed by atoms with Crippen LogP contribution < -0.4 is 10.6 Å². The second kappa shape index (κ2) is 4.89. The highest BCUT2D eigenvalue weighted by atomic mass is 19.1. The van der Waals surface area contributed by atoms with Crippen LogP contribution in [-0.4, -0.2) is 33.2 Å². The Balaban J connectivity index is 2.05. The predicted molar refractivity (Wildman–Crippen MR) is 76.4 cm³/mol. The number of H-pyrrole nitrogens is 2. The minimum Gasteiger partial charge on any atom is -0.341 e. The molecule has 0 saturated heterocycles. The largest absolute Gasteiger partial charge is 0.341 e. The molecule has 0 fully saturated rings. The topological polar surface area (TPSA) is 98.5 Å². The van der Waals surface area contributed by atoms with E-state index in [-0.39, 0.29) is 11.8 Å². The number of rotatable bonds is 2. The number of amides is 2. The van der Waals surface area contributed by atoms with Crippen LogP contribution in [0, 0.1) is 12.7 Å². The van der Waals surface area contributed by atoms with Crippen molar-refractivity contribution in [1.82, 2.24) is 25.5 Å². The van der Waals surface area contributed by atoms with Gasteiger partial charge in [-0.3, -0.25) is 5.10 Å². The number of halogens is 1. The van der Waals surface area contributed by atoms with Crippen molar-refractivity contribution in [3.05, 3.63) is 29.7 Å². The Kier molecular flexibility index (Phi) is 3.05. The molecule has 2 heterocycles. The number of fused-ring (bicyclic) bond motifs is 1. The van der Waals surface area contributed by atoms with Gasteiger partial charge < -0.3 is 15.6 Å². The Hall–Kier alpha value is -2.90. The summed E-state index contributed by atoms with van der Waals surface area (Å²) in [5, 5.41) is 11.8. The number of benzene rings is 1. The molecule has 7 nitrogen and oxygen atoms in total. The number of carbonyl (C=O) groups is 1. The quantitative estimate of drug-likeness (QED) is 0.581. The monoisotopic (exact) mass is 288 g/mol. The van der Waals surface area contributed by atoms with Crippen LogP contribution in [0.15, 0.2) is 18.3 Å². The summed E-state index contributed by atoms with van der Waals surface area (Å²) in [5.74, 6) is 0.133. The number of urea groups is 1. The number of hydrogen-bond acceptors (Lipinski definition) is 3. The molecule has 0 aliphatic rings. The highest BCUT2D eigenvalue weighted by Crippen LogP contribution is 2.26. The lowest BCUT2D eigenvalue weighted by Crippen LogP contribution is -2.24. The molecular weight excluding hydrogens is 275 g/mol. The molecule has 0 radical (unpaired) electrons. The molecule has 1 aromatic carbocycles. The Bertz CT molecular complexity index is 782. The van der Waals surface area contributed by atoms with E-state index < -0.39 is 0 Å². The average Bonchev–Trinajstić information content (AvgIpc) is 3.05. The average molecular weight is 288 g/mol. The number of nitrogens with one attached hydrogen (secondary N) is 4. The zero-order chi connectivity index (χ0) is 15.0. The van der Waals surface area contributed by atoms with Crippen molar-refractivity contribution in [3.8, 4) is 11.5 Å². The second-order valence-corrected chi connectivity index (χ2v) is 4.56. The number of carbonyl (C=O) groups excluding carboxylic acids is 1. The Morgan fingerprint density at radius 3 is 2.95 bits per heavy atom. The fraction of sp³-hybridized carbons (Fsp3) is 0.154. The smallest absolute Gasteiger partial charge is 0.319 e. The molecule has 0 saturated carbocycles.